The van der Waals surface area contributed by atoms with Gasteiger partial charge in [-0.05, 0) is 38.5 Å². The lowest BCUT2D eigenvalue weighted by molar-refractivity contribution is 0.491. The molecule has 0 radical (unpaired) electrons. The Morgan fingerprint density at radius 3 is 2.42 bits per heavy atom. The quantitative estimate of drug-likeness (QED) is 0.669. The van der Waals surface area contributed by atoms with Crippen LogP contribution in [0.25, 0.3) is 0 Å². The Labute approximate surface area is 116 Å². The van der Waals surface area contributed by atoms with Crippen molar-refractivity contribution in [3.8, 4) is 0 Å². The van der Waals surface area contributed by atoms with E-state index in [0.717, 1.165) is 22.6 Å². The Kier molecular flexibility index (Phi) is 3.94. The smallest absolute Gasteiger partial charge is 0.129 e. The number of hydrogen-bond acceptors (Lipinski definition) is 3. The third kappa shape index (κ3) is 2.52. The summed E-state index contributed by atoms with van der Waals surface area (Å²) in [6.07, 6.45) is 0. The van der Waals surface area contributed by atoms with Crippen molar-refractivity contribution in [3.05, 3.63) is 57.2 Å². The topological polar surface area (TPSA) is 51.2 Å². The second-order valence-electron chi connectivity index (χ2n) is 4.52. The third-order valence-electron chi connectivity index (χ3n) is 3.35. The van der Waals surface area contributed by atoms with Crippen LogP contribution in [0.2, 0.25) is 5.02 Å². The molecule has 2 rings (SSSR count). The van der Waals surface area contributed by atoms with Crippen LogP contribution in [0.1, 0.15) is 34.3 Å². The van der Waals surface area contributed by atoms with Crippen LogP contribution in [-0.4, -0.2) is 0 Å². The summed E-state index contributed by atoms with van der Waals surface area (Å²) in [6.45, 7) is 5.64. The van der Waals surface area contributed by atoms with Gasteiger partial charge in [-0.3, -0.25) is 5.84 Å². The van der Waals surface area contributed by atoms with Crippen molar-refractivity contribution in [1.29, 1.82) is 0 Å². The molecule has 3 N–H and O–H groups in total. The van der Waals surface area contributed by atoms with Crippen molar-refractivity contribution in [2.45, 2.75) is 26.8 Å². The number of hydrogen-bond donors (Lipinski definition) is 2. The molecular weight excluding hydrogens is 267 g/mol. The number of nitrogens with two attached hydrogens (primary N) is 1. The van der Waals surface area contributed by atoms with Gasteiger partial charge in [0.1, 0.15) is 17.3 Å². The summed E-state index contributed by atoms with van der Waals surface area (Å²) < 4.78 is 19.6. The monoisotopic (exact) mass is 282 g/mol. The van der Waals surface area contributed by atoms with Crippen LogP contribution in [0.3, 0.4) is 0 Å². The predicted molar refractivity (Wildman–Crippen MR) is 73.5 cm³/mol. The Morgan fingerprint density at radius 1 is 1.26 bits per heavy atom. The molecule has 0 bridgehead atoms. The number of hydrazine groups is 1. The molecule has 0 fully saturated rings. The molecule has 3 nitrogen and oxygen atoms in total. The second kappa shape index (κ2) is 5.33. The van der Waals surface area contributed by atoms with Gasteiger partial charge < -0.3 is 4.42 Å². The SMILES string of the molecule is Cc1oc(C)c(C(NN)c2ccc(Cl)cc2F)c1C. The summed E-state index contributed by atoms with van der Waals surface area (Å²) in [4.78, 5) is 0. The van der Waals surface area contributed by atoms with E-state index in [1.165, 1.54) is 6.07 Å². The van der Waals surface area contributed by atoms with Crippen LogP contribution in [0.4, 0.5) is 4.39 Å². The van der Waals surface area contributed by atoms with Crippen molar-refractivity contribution >= 4 is 11.6 Å². The number of aryl methyl sites for hydroxylation is 2. The molecule has 0 amide bonds. The highest BCUT2D eigenvalue weighted by atomic mass is 35.5. The van der Waals surface area contributed by atoms with Crippen LogP contribution in [-0.2, 0) is 0 Å². The molecule has 102 valence electrons. The molecule has 0 spiro atoms. The largest absolute Gasteiger partial charge is 0.466 e. The van der Waals surface area contributed by atoms with E-state index in [1.807, 2.05) is 20.8 Å². The van der Waals surface area contributed by atoms with E-state index in [-0.39, 0.29) is 0 Å². The molecule has 0 aliphatic carbocycles. The maximum Gasteiger partial charge on any atom is 0.129 e. The van der Waals surface area contributed by atoms with Gasteiger partial charge in [-0.15, -0.1) is 0 Å². The number of furan rings is 1. The highest BCUT2D eigenvalue weighted by molar-refractivity contribution is 6.30. The molecule has 1 unspecified atom stereocenters. The normalized spacial score (nSPS) is 12.7. The summed E-state index contributed by atoms with van der Waals surface area (Å²) in [6, 6.07) is 4.08. The fourth-order valence-corrected chi connectivity index (χ4v) is 2.46. The number of benzene rings is 1. The summed E-state index contributed by atoms with van der Waals surface area (Å²) in [5, 5.41) is 0.355. The first kappa shape index (κ1) is 14.1. The minimum absolute atomic E-state index is 0.355. The van der Waals surface area contributed by atoms with E-state index >= 15 is 0 Å². The number of nitrogens with one attached hydrogen (secondary N) is 1. The van der Waals surface area contributed by atoms with Gasteiger partial charge in [-0.1, -0.05) is 17.7 Å². The van der Waals surface area contributed by atoms with E-state index in [2.05, 4.69) is 5.43 Å². The highest BCUT2D eigenvalue weighted by Gasteiger charge is 2.24. The van der Waals surface area contributed by atoms with Crippen molar-refractivity contribution < 1.29 is 8.81 Å². The lowest BCUT2D eigenvalue weighted by Gasteiger charge is -2.18. The summed E-state index contributed by atoms with van der Waals surface area (Å²) in [5.74, 6) is 6.74. The van der Waals surface area contributed by atoms with E-state index in [0.29, 0.717) is 10.6 Å². The first-order valence-electron chi connectivity index (χ1n) is 5.93. The average Bonchev–Trinajstić information content (AvgIpc) is 2.59. The van der Waals surface area contributed by atoms with E-state index in [1.54, 1.807) is 12.1 Å². The van der Waals surface area contributed by atoms with Gasteiger partial charge in [0, 0.05) is 16.1 Å². The summed E-state index contributed by atoms with van der Waals surface area (Å²) in [5.41, 5.74) is 4.92. The van der Waals surface area contributed by atoms with Crippen LogP contribution in [0, 0.1) is 26.6 Å². The van der Waals surface area contributed by atoms with E-state index < -0.39 is 11.9 Å². The second-order valence-corrected chi connectivity index (χ2v) is 4.96. The van der Waals surface area contributed by atoms with Crippen LogP contribution in [0.5, 0.6) is 0 Å². The maximum atomic E-state index is 14.0. The zero-order valence-corrected chi connectivity index (χ0v) is 11.8. The van der Waals surface area contributed by atoms with Gasteiger partial charge in [0.05, 0.1) is 6.04 Å². The minimum atomic E-state index is -0.463. The van der Waals surface area contributed by atoms with Crippen LogP contribution < -0.4 is 11.3 Å². The molecule has 1 aromatic heterocycles. The van der Waals surface area contributed by atoms with Gasteiger partial charge in [0.15, 0.2) is 0 Å². The van der Waals surface area contributed by atoms with Crippen molar-refractivity contribution in [1.82, 2.24) is 5.43 Å². The van der Waals surface area contributed by atoms with Crippen molar-refractivity contribution in [2.75, 3.05) is 0 Å². The Bertz CT molecular complexity index is 610. The van der Waals surface area contributed by atoms with Gasteiger partial charge in [-0.2, -0.15) is 0 Å². The van der Waals surface area contributed by atoms with Gasteiger partial charge >= 0.3 is 0 Å². The zero-order valence-electron chi connectivity index (χ0n) is 11.1. The molecule has 0 saturated heterocycles. The fourth-order valence-electron chi connectivity index (χ4n) is 2.30. The Hall–Kier alpha value is -1.36. The standard InChI is InChI=1S/C14H16ClFN2O/c1-7-8(2)19-9(3)13(7)14(18-17)11-5-4-10(15)6-12(11)16/h4-6,14,18H,17H2,1-3H3. The molecule has 5 heteroatoms. The number of rotatable bonds is 3. The molecule has 19 heavy (non-hydrogen) atoms. The minimum Gasteiger partial charge on any atom is -0.466 e. The Balaban J connectivity index is 2.56. The molecule has 0 aliphatic rings. The molecule has 1 heterocycles. The lowest BCUT2D eigenvalue weighted by Crippen LogP contribution is -2.30. The molecular formula is C14H16ClFN2O. The third-order valence-corrected chi connectivity index (χ3v) is 3.58. The van der Waals surface area contributed by atoms with Crippen molar-refractivity contribution in [3.63, 3.8) is 0 Å². The molecule has 1 atom stereocenters. The predicted octanol–water partition coefficient (Wildman–Crippen LogP) is 3.55. The van der Waals surface area contributed by atoms with Gasteiger partial charge in [-0.25, -0.2) is 9.82 Å². The molecule has 1 aromatic carbocycles. The highest BCUT2D eigenvalue weighted by Crippen LogP contribution is 2.32. The maximum absolute atomic E-state index is 14.0. The molecule has 2 aromatic rings. The first-order valence-corrected chi connectivity index (χ1v) is 6.31. The van der Waals surface area contributed by atoms with Crippen molar-refractivity contribution in [2.24, 2.45) is 5.84 Å². The Morgan fingerprint density at radius 2 is 1.95 bits per heavy atom. The van der Waals surface area contributed by atoms with Gasteiger partial charge in [0.25, 0.3) is 0 Å². The van der Waals surface area contributed by atoms with E-state index in [4.69, 9.17) is 21.9 Å². The number of halogens is 2. The first-order chi connectivity index (χ1) is 8.95. The average molecular weight is 283 g/mol. The van der Waals surface area contributed by atoms with Gasteiger partial charge in [0.2, 0.25) is 0 Å². The zero-order chi connectivity index (χ0) is 14.2. The summed E-state index contributed by atoms with van der Waals surface area (Å²) >= 11 is 5.77. The van der Waals surface area contributed by atoms with E-state index in [9.17, 15) is 4.39 Å². The fraction of sp³-hybridized carbons (Fsp3) is 0.286. The molecule has 0 saturated carbocycles. The summed E-state index contributed by atoms with van der Waals surface area (Å²) in [7, 11) is 0. The lowest BCUT2D eigenvalue weighted by atomic mass is 9.95. The van der Waals surface area contributed by atoms with Crippen LogP contribution in [0.15, 0.2) is 22.6 Å². The van der Waals surface area contributed by atoms with Crippen LogP contribution >= 0.6 is 11.6 Å². The molecule has 0 aliphatic heterocycles.